The third-order valence-electron chi connectivity index (χ3n) is 8.89. The van der Waals surface area contributed by atoms with Crippen molar-refractivity contribution in [1.29, 1.82) is 0 Å². The lowest BCUT2D eigenvalue weighted by Gasteiger charge is -2.34. The highest BCUT2D eigenvalue weighted by molar-refractivity contribution is 5.06. The van der Waals surface area contributed by atoms with Crippen LogP contribution in [-0.4, -0.2) is 70.8 Å². The highest BCUT2D eigenvalue weighted by atomic mass is 16.5. The summed E-state index contributed by atoms with van der Waals surface area (Å²) in [4.78, 5) is 0. The third-order valence-corrected chi connectivity index (χ3v) is 8.89. The Bertz CT molecular complexity index is 668. The largest absolute Gasteiger partial charge is 0.396 e. The van der Waals surface area contributed by atoms with Crippen molar-refractivity contribution in [1.82, 2.24) is 0 Å². The van der Waals surface area contributed by atoms with E-state index in [2.05, 4.69) is 17.2 Å². The smallest absolute Gasteiger partial charge is 0.137 e. The van der Waals surface area contributed by atoms with Crippen LogP contribution in [-0.2, 0) is 4.74 Å². The van der Waals surface area contributed by atoms with Gasteiger partial charge in [-0.1, -0.05) is 18.8 Å². The molecular formula is C29H53N2O5+. The second-order valence-electron chi connectivity index (χ2n) is 11.8. The standard InChI is InChI=1S/C29H52N2O5/c30-29-20-22(14-16-31-29)7-4-18-36-28-19-23(11-13-27(28)35)10-12-26(34)24-8-3-6-21(15-17-32)5-1-2-9-25(24)33/h21-29,31-35H,1-2,4-5,7-20,30H2/p+1. The summed E-state index contributed by atoms with van der Waals surface area (Å²) >= 11 is 0. The van der Waals surface area contributed by atoms with E-state index in [1.165, 1.54) is 6.42 Å². The summed E-state index contributed by atoms with van der Waals surface area (Å²) in [5.74, 6) is 7.60. The fourth-order valence-corrected chi connectivity index (χ4v) is 6.52. The number of quaternary nitrogens is 1. The molecule has 0 aromatic heterocycles. The highest BCUT2D eigenvalue weighted by Crippen LogP contribution is 2.32. The van der Waals surface area contributed by atoms with Gasteiger partial charge in [-0.15, -0.1) is 5.92 Å². The van der Waals surface area contributed by atoms with E-state index in [9.17, 15) is 20.4 Å². The maximum Gasteiger partial charge on any atom is 0.137 e. The van der Waals surface area contributed by atoms with Crippen molar-refractivity contribution in [3.63, 3.8) is 0 Å². The van der Waals surface area contributed by atoms with Crippen molar-refractivity contribution in [2.75, 3.05) is 19.8 Å². The molecule has 8 N–H and O–H groups in total. The molecule has 3 rings (SSSR count). The van der Waals surface area contributed by atoms with E-state index in [0.717, 1.165) is 70.8 Å². The van der Waals surface area contributed by atoms with Crippen molar-refractivity contribution in [2.24, 2.45) is 29.4 Å². The molecule has 0 radical (unpaired) electrons. The summed E-state index contributed by atoms with van der Waals surface area (Å²) in [6.45, 7) is 1.97. The normalized spacial score (nSPS) is 37.0. The zero-order chi connectivity index (χ0) is 25.8. The van der Waals surface area contributed by atoms with Gasteiger partial charge in [-0.3, -0.25) is 5.73 Å². The van der Waals surface area contributed by atoms with Gasteiger partial charge in [0.2, 0.25) is 0 Å². The average Bonchev–Trinajstić information content (AvgIpc) is 2.86. The summed E-state index contributed by atoms with van der Waals surface area (Å²) in [6.07, 6.45) is 12.0. The Kier molecular flexibility index (Phi) is 13.5. The second-order valence-corrected chi connectivity index (χ2v) is 11.8. The van der Waals surface area contributed by atoms with Crippen molar-refractivity contribution in [3.05, 3.63) is 0 Å². The van der Waals surface area contributed by atoms with Gasteiger partial charge in [0.25, 0.3) is 0 Å². The first-order valence-corrected chi connectivity index (χ1v) is 14.8. The van der Waals surface area contributed by atoms with Crippen LogP contribution in [0, 0.1) is 35.5 Å². The molecule has 0 aromatic rings. The Labute approximate surface area is 218 Å². The number of ether oxygens (including phenoxy) is 1. The second kappa shape index (κ2) is 16.3. The molecule has 2 aliphatic carbocycles. The first kappa shape index (κ1) is 29.8. The van der Waals surface area contributed by atoms with Gasteiger partial charge in [-0.25, -0.2) is 0 Å². The number of rotatable bonds is 11. The maximum atomic E-state index is 11.0. The molecule has 36 heavy (non-hydrogen) atoms. The van der Waals surface area contributed by atoms with Gasteiger partial charge in [-0.2, -0.15) is 0 Å². The Hall–Kier alpha value is -0.720. The van der Waals surface area contributed by atoms with Gasteiger partial charge >= 0.3 is 0 Å². The fraction of sp³-hybridized carbons (Fsp3) is 0.931. The molecule has 1 saturated carbocycles. The topological polar surface area (TPSA) is 133 Å². The Morgan fingerprint density at radius 1 is 0.944 bits per heavy atom. The van der Waals surface area contributed by atoms with Gasteiger partial charge in [0.05, 0.1) is 31.0 Å². The van der Waals surface area contributed by atoms with Gasteiger partial charge in [0.15, 0.2) is 0 Å². The number of aliphatic hydroxyl groups is 4. The predicted octanol–water partition coefficient (Wildman–Crippen LogP) is 1.66. The first-order valence-electron chi connectivity index (χ1n) is 14.8. The Morgan fingerprint density at radius 3 is 2.56 bits per heavy atom. The number of hydrogen-bond acceptors (Lipinski definition) is 6. The van der Waals surface area contributed by atoms with Crippen LogP contribution in [0.1, 0.15) is 96.3 Å². The van der Waals surface area contributed by atoms with Crippen LogP contribution in [0.3, 0.4) is 0 Å². The Balaban J connectivity index is 1.40. The number of piperidine rings is 1. The van der Waals surface area contributed by atoms with Crippen LogP contribution in [0.2, 0.25) is 0 Å². The van der Waals surface area contributed by atoms with Gasteiger partial charge in [0.1, 0.15) is 6.17 Å². The molecule has 2 fully saturated rings. The first-order chi connectivity index (χ1) is 17.5. The monoisotopic (exact) mass is 509 g/mol. The van der Waals surface area contributed by atoms with Crippen molar-refractivity contribution in [3.8, 4) is 11.8 Å². The lowest BCUT2D eigenvalue weighted by molar-refractivity contribution is -0.699. The van der Waals surface area contributed by atoms with Gasteiger partial charge in [0, 0.05) is 37.9 Å². The van der Waals surface area contributed by atoms with Crippen LogP contribution in [0.25, 0.3) is 0 Å². The van der Waals surface area contributed by atoms with Gasteiger partial charge in [-0.05, 0) is 82.5 Å². The molecule has 0 spiro atoms. The molecule has 7 heteroatoms. The molecule has 1 heterocycles. The molecular weight excluding hydrogens is 456 g/mol. The highest BCUT2D eigenvalue weighted by Gasteiger charge is 2.32. The van der Waals surface area contributed by atoms with Crippen molar-refractivity contribution >= 4 is 0 Å². The zero-order valence-corrected chi connectivity index (χ0v) is 22.3. The molecule has 1 aliphatic heterocycles. The molecule has 7 nitrogen and oxygen atoms in total. The van der Waals surface area contributed by atoms with E-state index >= 15 is 0 Å². The quantitative estimate of drug-likeness (QED) is 0.185. The summed E-state index contributed by atoms with van der Waals surface area (Å²) in [5.41, 5.74) is 6.06. The van der Waals surface area contributed by atoms with E-state index in [1.807, 2.05) is 0 Å². The predicted molar refractivity (Wildman–Crippen MR) is 141 cm³/mol. The molecule has 3 aliphatic rings. The maximum absolute atomic E-state index is 11.0. The zero-order valence-electron chi connectivity index (χ0n) is 22.3. The lowest BCUT2D eigenvalue weighted by Crippen LogP contribution is -2.94. The molecule has 0 aromatic carbocycles. The van der Waals surface area contributed by atoms with E-state index in [4.69, 9.17) is 10.5 Å². The summed E-state index contributed by atoms with van der Waals surface area (Å²) in [7, 11) is 0. The lowest BCUT2D eigenvalue weighted by atomic mass is 9.79. The van der Waals surface area contributed by atoms with Crippen LogP contribution in [0.15, 0.2) is 0 Å². The van der Waals surface area contributed by atoms with Crippen LogP contribution < -0.4 is 11.1 Å². The Morgan fingerprint density at radius 2 is 1.75 bits per heavy atom. The third kappa shape index (κ3) is 10.2. The molecule has 9 atom stereocenters. The minimum absolute atomic E-state index is 0.114. The number of aliphatic hydroxyl groups excluding tert-OH is 4. The molecule has 0 bridgehead atoms. The summed E-state index contributed by atoms with van der Waals surface area (Å²) < 4.78 is 6.14. The van der Waals surface area contributed by atoms with E-state index in [0.29, 0.717) is 44.1 Å². The van der Waals surface area contributed by atoms with Crippen molar-refractivity contribution in [2.45, 2.75) is 127 Å². The van der Waals surface area contributed by atoms with Crippen LogP contribution in [0.5, 0.6) is 0 Å². The molecule has 208 valence electrons. The minimum atomic E-state index is -0.574. The van der Waals surface area contributed by atoms with E-state index in [-0.39, 0.29) is 30.7 Å². The molecule has 1 saturated heterocycles. The summed E-state index contributed by atoms with van der Waals surface area (Å²) in [5, 5.41) is 43.7. The van der Waals surface area contributed by atoms with Crippen molar-refractivity contribution < 1.29 is 30.5 Å². The minimum Gasteiger partial charge on any atom is -0.396 e. The molecule has 9 unspecified atom stereocenters. The fourth-order valence-electron chi connectivity index (χ4n) is 6.52. The van der Waals surface area contributed by atoms with Gasteiger partial charge < -0.3 is 30.5 Å². The van der Waals surface area contributed by atoms with Crippen LogP contribution >= 0.6 is 0 Å². The van der Waals surface area contributed by atoms with Crippen LogP contribution in [0.4, 0.5) is 0 Å². The van der Waals surface area contributed by atoms with E-state index in [1.54, 1.807) is 0 Å². The average molecular weight is 510 g/mol. The number of nitrogens with two attached hydrogens (primary N) is 2. The molecule has 0 amide bonds. The number of hydrogen-bond donors (Lipinski definition) is 6. The SMILES string of the molecule is NC1CC(CCCOC2CC(CCC(O)C3CC#CC(CCO)CCCCC3O)CCC2O)CC[NH2+]1. The summed E-state index contributed by atoms with van der Waals surface area (Å²) in [6, 6.07) is 0. The van der Waals surface area contributed by atoms with E-state index < -0.39 is 18.3 Å².